The highest BCUT2D eigenvalue weighted by molar-refractivity contribution is 9.10. The zero-order valence-corrected chi connectivity index (χ0v) is 13.0. The number of alkyl halides is 1. The first-order valence-corrected chi connectivity index (χ1v) is 7.22. The van der Waals surface area contributed by atoms with Crippen LogP contribution in [0.4, 0.5) is 0 Å². The van der Waals surface area contributed by atoms with Crippen molar-refractivity contribution >= 4 is 43.5 Å². The largest absolute Gasteiger partial charge is 0.219 e. The molecule has 3 nitrogen and oxygen atoms in total. The van der Waals surface area contributed by atoms with Gasteiger partial charge in [0.1, 0.15) is 0 Å². The predicted molar refractivity (Wildman–Crippen MR) is 76.0 cm³/mol. The number of halogens is 3. The average Bonchev–Trinajstić information content (AvgIpc) is 2.77. The van der Waals surface area contributed by atoms with Gasteiger partial charge >= 0.3 is 0 Å². The molecular weight excluding hydrogens is 369 g/mol. The summed E-state index contributed by atoms with van der Waals surface area (Å²) in [5.41, 5.74) is 1.85. The van der Waals surface area contributed by atoms with Crippen molar-refractivity contribution in [3.63, 3.8) is 0 Å². The van der Waals surface area contributed by atoms with Crippen LogP contribution in [0.15, 0.2) is 28.9 Å². The molecule has 2 rings (SSSR count). The lowest BCUT2D eigenvalue weighted by Gasteiger charge is -2.03. The number of aromatic nitrogens is 3. The zero-order chi connectivity index (χ0) is 12.4. The van der Waals surface area contributed by atoms with Gasteiger partial charge in [-0.3, -0.25) is 0 Å². The minimum Gasteiger partial charge on any atom is -0.219 e. The van der Waals surface area contributed by atoms with E-state index in [-0.39, 0.29) is 4.83 Å². The molecule has 1 aromatic heterocycles. The first-order valence-electron chi connectivity index (χ1n) is 5.13. The van der Waals surface area contributed by atoms with Crippen LogP contribution in [-0.4, -0.2) is 15.0 Å². The first kappa shape index (κ1) is 13.1. The molecule has 0 aliphatic carbocycles. The highest BCUT2D eigenvalue weighted by atomic mass is 79.9. The van der Waals surface area contributed by atoms with Gasteiger partial charge in [0.15, 0.2) is 0 Å². The fourth-order valence-electron chi connectivity index (χ4n) is 1.41. The SMILES string of the molecule is CCC(Br)c1cn(-c2ccc(Cl)cc2Br)nn1. The van der Waals surface area contributed by atoms with E-state index < -0.39 is 0 Å². The smallest absolute Gasteiger partial charge is 0.0967 e. The molecule has 17 heavy (non-hydrogen) atoms. The van der Waals surface area contributed by atoms with Gasteiger partial charge in [-0.2, -0.15) is 0 Å². The zero-order valence-electron chi connectivity index (χ0n) is 9.07. The molecule has 90 valence electrons. The Morgan fingerprint density at radius 3 is 2.88 bits per heavy atom. The van der Waals surface area contributed by atoms with Gasteiger partial charge in [0, 0.05) is 9.50 Å². The molecule has 1 atom stereocenters. The monoisotopic (exact) mass is 377 g/mol. The highest BCUT2D eigenvalue weighted by Crippen LogP contribution is 2.27. The average molecular weight is 379 g/mol. The van der Waals surface area contributed by atoms with Gasteiger partial charge < -0.3 is 0 Å². The Hall–Kier alpha value is -0.390. The van der Waals surface area contributed by atoms with E-state index in [4.69, 9.17) is 11.6 Å². The van der Waals surface area contributed by atoms with E-state index in [2.05, 4.69) is 49.1 Å². The third kappa shape index (κ3) is 2.89. The molecule has 0 aliphatic rings. The van der Waals surface area contributed by atoms with Crippen LogP contribution in [0.25, 0.3) is 5.69 Å². The summed E-state index contributed by atoms with van der Waals surface area (Å²) in [6.07, 6.45) is 2.89. The van der Waals surface area contributed by atoms with Crippen LogP contribution in [0.5, 0.6) is 0 Å². The lowest BCUT2D eigenvalue weighted by atomic mass is 10.3. The molecule has 0 bridgehead atoms. The summed E-state index contributed by atoms with van der Waals surface area (Å²) < 4.78 is 2.63. The van der Waals surface area contributed by atoms with Gasteiger partial charge in [0.2, 0.25) is 0 Å². The van der Waals surface area contributed by atoms with E-state index in [0.29, 0.717) is 5.02 Å². The summed E-state index contributed by atoms with van der Waals surface area (Å²) in [5, 5.41) is 8.94. The van der Waals surface area contributed by atoms with Crippen molar-refractivity contribution in [2.75, 3.05) is 0 Å². The third-order valence-electron chi connectivity index (χ3n) is 2.35. The van der Waals surface area contributed by atoms with Crippen molar-refractivity contribution < 1.29 is 0 Å². The van der Waals surface area contributed by atoms with Crippen LogP contribution < -0.4 is 0 Å². The number of nitrogens with zero attached hydrogens (tertiary/aromatic N) is 3. The predicted octanol–water partition coefficient (Wildman–Crippen LogP) is 4.53. The van der Waals surface area contributed by atoms with Gasteiger partial charge in [0.25, 0.3) is 0 Å². The Morgan fingerprint density at radius 1 is 1.47 bits per heavy atom. The second-order valence-electron chi connectivity index (χ2n) is 3.56. The summed E-state index contributed by atoms with van der Waals surface area (Å²) in [6, 6.07) is 5.57. The van der Waals surface area contributed by atoms with Gasteiger partial charge in [-0.25, -0.2) is 4.68 Å². The van der Waals surface area contributed by atoms with Crippen LogP contribution in [0.1, 0.15) is 23.9 Å². The summed E-state index contributed by atoms with van der Waals surface area (Å²) in [6.45, 7) is 2.09. The Bertz CT molecular complexity index is 527. The quantitative estimate of drug-likeness (QED) is 0.734. The number of hydrogen-bond acceptors (Lipinski definition) is 2. The maximum atomic E-state index is 5.90. The molecule has 0 saturated carbocycles. The molecule has 0 aliphatic heterocycles. The first-order chi connectivity index (χ1) is 8.11. The van der Waals surface area contributed by atoms with Gasteiger partial charge in [-0.05, 0) is 40.5 Å². The maximum Gasteiger partial charge on any atom is 0.0967 e. The van der Waals surface area contributed by atoms with Crippen molar-refractivity contribution in [2.24, 2.45) is 0 Å². The molecule has 0 saturated heterocycles. The molecule has 1 unspecified atom stereocenters. The van der Waals surface area contributed by atoms with Crippen molar-refractivity contribution in [3.8, 4) is 5.69 Å². The fraction of sp³-hybridized carbons (Fsp3) is 0.273. The second kappa shape index (κ2) is 5.50. The van der Waals surface area contributed by atoms with Crippen LogP contribution in [0.2, 0.25) is 5.02 Å². The van der Waals surface area contributed by atoms with Crippen LogP contribution in [-0.2, 0) is 0 Å². The van der Waals surface area contributed by atoms with Gasteiger partial charge in [-0.15, -0.1) is 5.10 Å². The molecular formula is C11H10Br2ClN3. The van der Waals surface area contributed by atoms with Gasteiger partial charge in [-0.1, -0.05) is 39.7 Å². The van der Waals surface area contributed by atoms with Crippen LogP contribution in [0, 0.1) is 0 Å². The number of hydrogen-bond donors (Lipinski definition) is 0. The van der Waals surface area contributed by atoms with Crippen LogP contribution >= 0.6 is 43.5 Å². The molecule has 0 N–H and O–H groups in total. The van der Waals surface area contributed by atoms with E-state index in [0.717, 1.165) is 22.3 Å². The third-order valence-corrected chi connectivity index (χ3v) is 4.33. The molecule has 6 heteroatoms. The lowest BCUT2D eigenvalue weighted by molar-refractivity contribution is 0.788. The molecule has 2 aromatic rings. The Kier molecular flexibility index (Phi) is 4.22. The Balaban J connectivity index is 2.37. The molecule has 0 radical (unpaired) electrons. The summed E-state index contributed by atoms with van der Waals surface area (Å²) >= 11 is 12.9. The number of benzene rings is 1. The highest BCUT2D eigenvalue weighted by Gasteiger charge is 2.11. The maximum absolute atomic E-state index is 5.90. The van der Waals surface area contributed by atoms with E-state index in [1.54, 1.807) is 4.68 Å². The summed E-state index contributed by atoms with van der Waals surface area (Å²) in [7, 11) is 0. The number of rotatable bonds is 3. The van der Waals surface area contributed by atoms with E-state index in [1.165, 1.54) is 0 Å². The minimum atomic E-state index is 0.238. The molecule has 0 amide bonds. The second-order valence-corrected chi connectivity index (χ2v) is 5.96. The van der Waals surface area contributed by atoms with E-state index in [1.807, 2.05) is 24.4 Å². The Labute approximate surface area is 121 Å². The summed E-state index contributed by atoms with van der Waals surface area (Å²) in [5.74, 6) is 0. The Morgan fingerprint density at radius 2 is 2.24 bits per heavy atom. The van der Waals surface area contributed by atoms with Crippen molar-refractivity contribution in [1.82, 2.24) is 15.0 Å². The minimum absolute atomic E-state index is 0.238. The topological polar surface area (TPSA) is 30.7 Å². The standard InChI is InChI=1S/C11H10Br2ClN3/c1-2-8(12)10-6-17(16-15-10)11-4-3-7(14)5-9(11)13/h3-6,8H,2H2,1H3. The molecule has 0 fully saturated rings. The normalized spacial score (nSPS) is 12.7. The fourth-order valence-corrected chi connectivity index (χ4v) is 2.49. The van der Waals surface area contributed by atoms with E-state index >= 15 is 0 Å². The van der Waals surface area contributed by atoms with E-state index in [9.17, 15) is 0 Å². The molecule has 1 aromatic carbocycles. The molecule has 1 heterocycles. The summed E-state index contributed by atoms with van der Waals surface area (Å²) in [4.78, 5) is 0.238. The van der Waals surface area contributed by atoms with Crippen molar-refractivity contribution in [1.29, 1.82) is 0 Å². The van der Waals surface area contributed by atoms with Crippen LogP contribution in [0.3, 0.4) is 0 Å². The van der Waals surface area contributed by atoms with Gasteiger partial charge in [0.05, 0.1) is 22.4 Å². The molecule has 0 spiro atoms. The van der Waals surface area contributed by atoms with Crippen molar-refractivity contribution in [2.45, 2.75) is 18.2 Å². The lowest BCUT2D eigenvalue weighted by Crippen LogP contribution is -1.95. The van der Waals surface area contributed by atoms with Crippen molar-refractivity contribution in [3.05, 3.63) is 39.6 Å².